The Bertz CT molecular complexity index is 645. The molecule has 2 heterocycles. The van der Waals surface area contributed by atoms with Gasteiger partial charge < -0.3 is 5.32 Å². The van der Waals surface area contributed by atoms with Gasteiger partial charge in [-0.3, -0.25) is 4.90 Å². The maximum absolute atomic E-state index is 6.01. The number of nitrogens with zero attached hydrogens (tertiary/aromatic N) is 3. The molecule has 1 aliphatic heterocycles. The second-order valence-corrected chi connectivity index (χ2v) is 6.30. The van der Waals surface area contributed by atoms with Crippen LogP contribution in [0.1, 0.15) is 23.1 Å². The summed E-state index contributed by atoms with van der Waals surface area (Å²) in [6.45, 7) is 7.15. The van der Waals surface area contributed by atoms with Crippen LogP contribution >= 0.6 is 11.6 Å². The molecule has 0 spiro atoms. The molecule has 1 aromatic carbocycles. The highest BCUT2D eigenvalue weighted by molar-refractivity contribution is 6.30. The van der Waals surface area contributed by atoms with Crippen molar-refractivity contribution in [1.29, 1.82) is 0 Å². The summed E-state index contributed by atoms with van der Waals surface area (Å²) in [6, 6.07) is 11.0. The predicted octanol–water partition coefficient (Wildman–Crippen LogP) is 3.43. The largest absolute Gasteiger partial charge is 0.364 e. The van der Waals surface area contributed by atoms with Crippen molar-refractivity contribution in [1.82, 2.24) is 15.1 Å². The second kappa shape index (κ2) is 6.63. The normalized spacial score (nSPS) is 18.6. The first-order valence-electron chi connectivity index (χ1n) is 7.65. The van der Waals surface area contributed by atoms with E-state index in [-0.39, 0.29) is 0 Å². The molecular weight excluding hydrogens is 296 g/mol. The quantitative estimate of drug-likeness (QED) is 0.938. The number of rotatable bonds is 4. The average Bonchev–Trinajstić information content (AvgIpc) is 2.96. The highest BCUT2D eigenvalue weighted by Crippen LogP contribution is 2.23. The summed E-state index contributed by atoms with van der Waals surface area (Å²) in [6.07, 6.45) is 1.12. The van der Waals surface area contributed by atoms with Crippen molar-refractivity contribution < 1.29 is 0 Å². The maximum atomic E-state index is 6.01. The third kappa shape index (κ3) is 3.39. The maximum Gasteiger partial charge on any atom is 0.155 e. The first-order valence-corrected chi connectivity index (χ1v) is 8.03. The molecule has 5 heteroatoms. The molecule has 1 aromatic heterocycles. The Morgan fingerprint density at radius 3 is 2.73 bits per heavy atom. The Balaban J connectivity index is 1.60. The van der Waals surface area contributed by atoms with Crippen LogP contribution in [0.2, 0.25) is 5.15 Å². The molecule has 116 valence electrons. The van der Waals surface area contributed by atoms with Crippen LogP contribution in [-0.2, 0) is 6.54 Å². The van der Waals surface area contributed by atoms with Crippen molar-refractivity contribution in [2.45, 2.75) is 32.9 Å². The lowest BCUT2D eigenvalue weighted by molar-refractivity contribution is 0.328. The van der Waals surface area contributed by atoms with E-state index in [0.29, 0.717) is 11.2 Å². The molecule has 0 bridgehead atoms. The van der Waals surface area contributed by atoms with Gasteiger partial charge >= 0.3 is 0 Å². The zero-order valence-corrected chi connectivity index (χ0v) is 13.8. The molecule has 0 radical (unpaired) electrons. The van der Waals surface area contributed by atoms with Crippen LogP contribution in [0.3, 0.4) is 0 Å². The zero-order valence-electron chi connectivity index (χ0n) is 13.0. The number of aromatic nitrogens is 2. The summed E-state index contributed by atoms with van der Waals surface area (Å²) < 4.78 is 0. The molecule has 0 aliphatic carbocycles. The van der Waals surface area contributed by atoms with E-state index >= 15 is 0 Å². The van der Waals surface area contributed by atoms with Crippen LogP contribution in [0.15, 0.2) is 30.3 Å². The van der Waals surface area contributed by atoms with Crippen LogP contribution in [0, 0.1) is 13.8 Å². The van der Waals surface area contributed by atoms with Gasteiger partial charge in [0, 0.05) is 25.7 Å². The van der Waals surface area contributed by atoms with Crippen LogP contribution in [-0.4, -0.2) is 34.2 Å². The Hall–Kier alpha value is -1.65. The first kappa shape index (κ1) is 15.3. The highest BCUT2D eigenvalue weighted by atomic mass is 35.5. The van der Waals surface area contributed by atoms with Crippen molar-refractivity contribution in [3.8, 4) is 0 Å². The van der Waals surface area contributed by atoms with Gasteiger partial charge in [-0.1, -0.05) is 41.9 Å². The lowest BCUT2D eigenvalue weighted by Gasteiger charge is -2.18. The van der Waals surface area contributed by atoms with Gasteiger partial charge in [-0.15, -0.1) is 10.2 Å². The number of hydrogen-bond acceptors (Lipinski definition) is 4. The van der Waals surface area contributed by atoms with Gasteiger partial charge in [0.2, 0.25) is 0 Å². The van der Waals surface area contributed by atoms with Crippen molar-refractivity contribution >= 4 is 17.4 Å². The number of benzene rings is 1. The standard InChI is InChI=1S/C17H21ClN4/c1-12-13(2)17(21-20-16(12)18)19-15-8-9-22(11-15)10-14-6-4-3-5-7-14/h3-7,15H,8-11H2,1-2H3,(H,19,21). The van der Waals surface area contributed by atoms with E-state index in [1.807, 2.05) is 13.8 Å². The molecule has 1 atom stereocenters. The van der Waals surface area contributed by atoms with Gasteiger partial charge in [0.1, 0.15) is 0 Å². The first-order chi connectivity index (χ1) is 10.6. The monoisotopic (exact) mass is 316 g/mol. The number of halogens is 1. The summed E-state index contributed by atoms with van der Waals surface area (Å²) in [5.74, 6) is 0.855. The SMILES string of the molecule is Cc1c(Cl)nnc(NC2CCN(Cc3ccccc3)C2)c1C. The number of hydrogen-bond donors (Lipinski definition) is 1. The van der Waals surface area contributed by atoms with Gasteiger partial charge in [-0.2, -0.15) is 0 Å². The summed E-state index contributed by atoms with van der Waals surface area (Å²) in [4.78, 5) is 2.47. The molecule has 2 aromatic rings. The third-order valence-electron chi connectivity index (χ3n) is 4.33. The average molecular weight is 317 g/mol. The predicted molar refractivity (Wildman–Crippen MR) is 90.3 cm³/mol. The Morgan fingerprint density at radius 1 is 1.18 bits per heavy atom. The van der Waals surface area contributed by atoms with Crippen molar-refractivity contribution in [3.63, 3.8) is 0 Å². The number of nitrogens with one attached hydrogen (secondary N) is 1. The zero-order chi connectivity index (χ0) is 15.5. The summed E-state index contributed by atoms with van der Waals surface area (Å²) in [5, 5.41) is 12.2. The van der Waals surface area contributed by atoms with Gasteiger partial charge in [0.05, 0.1) is 0 Å². The summed E-state index contributed by atoms with van der Waals surface area (Å²) in [5.41, 5.74) is 3.45. The molecule has 3 rings (SSSR count). The Kier molecular flexibility index (Phi) is 4.60. The Labute approximate surface area is 136 Å². The smallest absolute Gasteiger partial charge is 0.155 e. The van der Waals surface area contributed by atoms with Gasteiger partial charge in [-0.05, 0) is 37.0 Å². The van der Waals surface area contributed by atoms with Crippen LogP contribution in [0.25, 0.3) is 0 Å². The minimum atomic E-state index is 0.414. The van der Waals surface area contributed by atoms with E-state index in [1.165, 1.54) is 5.56 Å². The number of anilines is 1. The molecule has 22 heavy (non-hydrogen) atoms. The number of likely N-dealkylation sites (tertiary alicyclic amines) is 1. The minimum Gasteiger partial charge on any atom is -0.364 e. The Morgan fingerprint density at radius 2 is 1.95 bits per heavy atom. The molecule has 0 amide bonds. The van der Waals surface area contributed by atoms with E-state index in [1.54, 1.807) is 0 Å². The lowest BCUT2D eigenvalue weighted by Crippen LogP contribution is -2.26. The van der Waals surface area contributed by atoms with Gasteiger partial charge in [0.15, 0.2) is 11.0 Å². The molecule has 1 aliphatic rings. The van der Waals surface area contributed by atoms with Gasteiger partial charge in [0.25, 0.3) is 0 Å². The molecular formula is C17H21ClN4. The van der Waals surface area contributed by atoms with Crippen molar-refractivity contribution in [2.24, 2.45) is 0 Å². The fourth-order valence-corrected chi connectivity index (χ4v) is 3.02. The van der Waals surface area contributed by atoms with Crippen molar-refractivity contribution in [2.75, 3.05) is 18.4 Å². The van der Waals surface area contributed by atoms with E-state index < -0.39 is 0 Å². The molecule has 1 N–H and O–H groups in total. The van der Waals surface area contributed by atoms with Crippen molar-refractivity contribution in [3.05, 3.63) is 52.2 Å². The van der Waals surface area contributed by atoms with E-state index in [9.17, 15) is 0 Å². The molecule has 4 nitrogen and oxygen atoms in total. The van der Waals surface area contributed by atoms with E-state index in [4.69, 9.17) is 11.6 Å². The molecule has 1 fully saturated rings. The van der Waals surface area contributed by atoms with Crippen LogP contribution in [0.5, 0.6) is 0 Å². The van der Waals surface area contributed by atoms with E-state index in [0.717, 1.165) is 43.0 Å². The molecule has 0 saturated carbocycles. The molecule has 1 unspecified atom stereocenters. The van der Waals surface area contributed by atoms with E-state index in [2.05, 4.69) is 50.7 Å². The summed E-state index contributed by atoms with van der Waals surface area (Å²) >= 11 is 6.01. The van der Waals surface area contributed by atoms with Gasteiger partial charge in [-0.25, -0.2) is 0 Å². The fraction of sp³-hybridized carbons (Fsp3) is 0.412. The highest BCUT2D eigenvalue weighted by Gasteiger charge is 2.23. The minimum absolute atomic E-state index is 0.414. The summed E-state index contributed by atoms with van der Waals surface area (Å²) in [7, 11) is 0. The lowest BCUT2D eigenvalue weighted by atomic mass is 10.2. The fourth-order valence-electron chi connectivity index (χ4n) is 2.84. The van der Waals surface area contributed by atoms with Crippen LogP contribution in [0.4, 0.5) is 5.82 Å². The third-order valence-corrected chi connectivity index (χ3v) is 4.69. The van der Waals surface area contributed by atoms with Crippen LogP contribution < -0.4 is 5.32 Å². The molecule has 1 saturated heterocycles. The topological polar surface area (TPSA) is 41.1 Å². The second-order valence-electron chi connectivity index (χ2n) is 5.94.